The largest absolute Gasteiger partial charge is 0.433 e. The van der Waals surface area contributed by atoms with Crippen molar-refractivity contribution in [3.63, 3.8) is 0 Å². The van der Waals surface area contributed by atoms with Crippen LogP contribution in [0.2, 0.25) is 0 Å². The molecule has 4 nitrogen and oxygen atoms in total. The number of rotatable bonds is 3. The standard InChI is InChI=1S/C14H16F3N3OS2/c1-8-9(2)22-13(19-8)20-23(4,21)10(3)11-5-6-12(18-7-11)14(15,16)17/h5-7H,1-4H3,(H,19,20,21). The summed E-state index contributed by atoms with van der Waals surface area (Å²) in [7, 11) is -2.67. The first kappa shape index (κ1) is 17.7. The van der Waals surface area contributed by atoms with Gasteiger partial charge in [0.05, 0.1) is 15.4 Å². The lowest BCUT2D eigenvalue weighted by atomic mass is 10.2. The second-order valence-electron chi connectivity index (χ2n) is 5.09. The van der Waals surface area contributed by atoms with Crippen molar-refractivity contribution >= 4 is 31.0 Å². The van der Waals surface area contributed by atoms with Crippen LogP contribution in [0.4, 0.5) is 18.3 Å². The fourth-order valence-electron chi connectivity index (χ4n) is 1.75. The summed E-state index contributed by atoms with van der Waals surface area (Å²) in [4.78, 5) is 9.10. The number of halogens is 3. The van der Waals surface area contributed by atoms with E-state index >= 15 is 0 Å². The average molecular weight is 363 g/mol. The van der Waals surface area contributed by atoms with Crippen molar-refractivity contribution in [2.24, 2.45) is 0 Å². The molecule has 0 aliphatic carbocycles. The Hall–Kier alpha value is -1.61. The van der Waals surface area contributed by atoms with Crippen molar-refractivity contribution in [1.29, 1.82) is 0 Å². The predicted octanol–water partition coefficient (Wildman–Crippen LogP) is 3.66. The lowest BCUT2D eigenvalue weighted by Gasteiger charge is -2.12. The molecule has 1 N–H and O–H groups in total. The number of pyridine rings is 1. The molecular weight excluding hydrogens is 347 g/mol. The molecule has 0 spiro atoms. The topological polar surface area (TPSA) is 54.9 Å². The van der Waals surface area contributed by atoms with Gasteiger partial charge in [-0.2, -0.15) is 13.2 Å². The first-order chi connectivity index (χ1) is 10.5. The zero-order valence-corrected chi connectivity index (χ0v) is 14.6. The summed E-state index contributed by atoms with van der Waals surface area (Å²) in [6.07, 6.45) is -1.92. The molecule has 1 unspecified atom stereocenters. The van der Waals surface area contributed by atoms with Crippen LogP contribution in [0.5, 0.6) is 0 Å². The molecule has 0 bridgehead atoms. The molecule has 126 valence electrons. The van der Waals surface area contributed by atoms with Crippen molar-refractivity contribution in [1.82, 2.24) is 9.97 Å². The molecular formula is C14H16F3N3OS2. The molecule has 2 heterocycles. The normalized spacial score (nSPS) is 14.4. The van der Waals surface area contributed by atoms with Gasteiger partial charge in [0.1, 0.15) is 5.69 Å². The van der Waals surface area contributed by atoms with E-state index in [1.165, 1.54) is 23.7 Å². The fourth-order valence-corrected chi connectivity index (χ4v) is 4.17. The molecule has 0 saturated heterocycles. The minimum atomic E-state index is -4.49. The summed E-state index contributed by atoms with van der Waals surface area (Å²) >= 11 is 1.38. The van der Waals surface area contributed by atoms with Crippen LogP contribution >= 0.6 is 11.3 Å². The fraction of sp³-hybridized carbons (Fsp3) is 0.357. The Morgan fingerprint density at radius 1 is 1.30 bits per heavy atom. The van der Waals surface area contributed by atoms with Crippen molar-refractivity contribution in [3.8, 4) is 0 Å². The third-order valence-electron chi connectivity index (χ3n) is 3.36. The molecule has 23 heavy (non-hydrogen) atoms. The summed E-state index contributed by atoms with van der Waals surface area (Å²) in [6, 6.07) is 2.15. The van der Waals surface area contributed by atoms with Gasteiger partial charge >= 0.3 is 6.18 Å². The number of hydrogen-bond donors (Lipinski definition) is 1. The van der Waals surface area contributed by atoms with Crippen LogP contribution in [0.25, 0.3) is 0 Å². The van der Waals surface area contributed by atoms with E-state index in [2.05, 4.69) is 14.7 Å². The molecule has 0 fully saturated rings. The van der Waals surface area contributed by atoms with E-state index in [9.17, 15) is 17.4 Å². The Labute approximate surface area is 136 Å². The number of thiazole rings is 1. The zero-order valence-electron chi connectivity index (χ0n) is 13.0. The molecule has 0 amide bonds. The summed E-state index contributed by atoms with van der Waals surface area (Å²) in [5, 5.41) is 0.520. The van der Waals surface area contributed by atoms with Gasteiger partial charge in [0, 0.05) is 27.8 Å². The summed E-state index contributed by atoms with van der Waals surface area (Å²) < 4.78 is 53.3. The summed E-state index contributed by atoms with van der Waals surface area (Å²) in [5.41, 5.74) is 0.264. The minimum absolute atomic E-state index is 0.392. The Balaban J connectivity index is 2.36. The second kappa shape index (κ2) is 6.12. The molecule has 0 radical (unpaired) electrons. The lowest BCUT2D eigenvalue weighted by Crippen LogP contribution is -2.20. The maximum Gasteiger partial charge on any atom is 0.433 e. The summed E-state index contributed by atoms with van der Waals surface area (Å²) in [6.45, 7) is 5.36. The van der Waals surface area contributed by atoms with Gasteiger partial charge in [-0.1, -0.05) is 6.07 Å². The van der Waals surface area contributed by atoms with Crippen molar-refractivity contribution in [2.75, 3.05) is 11.0 Å². The summed E-state index contributed by atoms with van der Waals surface area (Å²) in [5.74, 6) is 0. The quantitative estimate of drug-likeness (QED) is 0.669. The number of hydrogen-bond acceptors (Lipinski definition) is 4. The first-order valence-corrected chi connectivity index (χ1v) is 9.37. The van der Waals surface area contributed by atoms with Crippen molar-refractivity contribution in [2.45, 2.75) is 26.9 Å². The zero-order chi connectivity index (χ0) is 17.4. The van der Waals surface area contributed by atoms with Gasteiger partial charge in [-0.05, 0) is 26.8 Å². The minimum Gasteiger partial charge on any atom is -0.288 e. The second-order valence-corrected chi connectivity index (χ2v) is 8.80. The van der Waals surface area contributed by atoms with Crippen molar-refractivity contribution in [3.05, 3.63) is 40.2 Å². The Morgan fingerprint density at radius 2 is 1.96 bits per heavy atom. The van der Waals surface area contributed by atoms with E-state index in [0.29, 0.717) is 15.6 Å². The number of nitrogens with one attached hydrogen (secondary N) is 1. The SMILES string of the molecule is CC(c1ccc(C(F)(F)F)nc1)=S(C)(=O)Nc1nc(C)c(C)s1. The molecule has 2 aromatic rings. The highest BCUT2D eigenvalue weighted by atomic mass is 32.2. The van der Waals surface area contributed by atoms with Gasteiger partial charge in [-0.15, -0.1) is 11.3 Å². The number of alkyl halides is 3. The molecule has 0 aliphatic heterocycles. The van der Waals surface area contributed by atoms with Crippen LogP contribution in [0, 0.1) is 13.8 Å². The van der Waals surface area contributed by atoms with Crippen LogP contribution in [0.3, 0.4) is 0 Å². The lowest BCUT2D eigenvalue weighted by molar-refractivity contribution is -0.141. The molecule has 9 heteroatoms. The van der Waals surface area contributed by atoms with Crippen LogP contribution in [0.15, 0.2) is 18.3 Å². The van der Waals surface area contributed by atoms with Gasteiger partial charge in [0.2, 0.25) is 0 Å². The monoisotopic (exact) mass is 363 g/mol. The van der Waals surface area contributed by atoms with E-state index in [0.717, 1.165) is 22.8 Å². The molecule has 2 aromatic heterocycles. The number of aryl methyl sites for hydroxylation is 2. The van der Waals surface area contributed by atoms with Crippen molar-refractivity contribution < 1.29 is 17.4 Å². The molecule has 0 aromatic carbocycles. The van der Waals surface area contributed by atoms with Crippen LogP contribution in [-0.2, 0) is 15.9 Å². The van der Waals surface area contributed by atoms with Gasteiger partial charge in [-0.25, -0.2) is 9.19 Å². The maximum absolute atomic E-state index is 12.8. The van der Waals surface area contributed by atoms with Crippen LogP contribution < -0.4 is 4.72 Å². The van der Waals surface area contributed by atoms with Gasteiger partial charge < -0.3 is 0 Å². The van der Waals surface area contributed by atoms with Gasteiger partial charge in [0.15, 0.2) is 5.13 Å². The first-order valence-electron chi connectivity index (χ1n) is 6.59. The molecule has 0 aliphatic rings. The van der Waals surface area contributed by atoms with Gasteiger partial charge in [-0.3, -0.25) is 9.71 Å². The Morgan fingerprint density at radius 3 is 2.39 bits per heavy atom. The van der Waals surface area contributed by atoms with Crippen LogP contribution in [-0.4, -0.2) is 25.3 Å². The average Bonchev–Trinajstić information content (AvgIpc) is 2.74. The highest BCUT2D eigenvalue weighted by molar-refractivity contribution is 8.03. The van der Waals surface area contributed by atoms with E-state index in [4.69, 9.17) is 0 Å². The van der Waals surface area contributed by atoms with E-state index < -0.39 is 21.6 Å². The molecule has 2 rings (SSSR count). The number of aromatic nitrogens is 2. The van der Waals surface area contributed by atoms with E-state index in [-0.39, 0.29) is 0 Å². The smallest absolute Gasteiger partial charge is 0.288 e. The highest BCUT2D eigenvalue weighted by Crippen LogP contribution is 2.27. The maximum atomic E-state index is 12.8. The van der Waals surface area contributed by atoms with Gasteiger partial charge in [0.25, 0.3) is 0 Å². The third-order valence-corrected chi connectivity index (χ3v) is 6.46. The number of nitrogens with zero attached hydrogens (tertiary/aromatic N) is 2. The Bertz CT molecular complexity index is 812. The Kier molecular flexibility index (Phi) is 4.72. The third kappa shape index (κ3) is 4.03. The molecule has 0 saturated carbocycles. The predicted molar refractivity (Wildman–Crippen MR) is 88.3 cm³/mol. The van der Waals surface area contributed by atoms with Crippen LogP contribution in [0.1, 0.15) is 28.8 Å². The number of anilines is 1. The van der Waals surface area contributed by atoms with E-state index in [1.807, 2.05) is 13.8 Å². The highest BCUT2D eigenvalue weighted by Gasteiger charge is 2.32. The van der Waals surface area contributed by atoms with E-state index in [1.54, 1.807) is 6.92 Å². The molecule has 1 atom stereocenters.